The van der Waals surface area contributed by atoms with E-state index in [2.05, 4.69) is 71.7 Å². The molecule has 0 N–H and O–H groups in total. The van der Waals surface area contributed by atoms with Crippen molar-refractivity contribution in [1.29, 1.82) is 0 Å². The predicted octanol–water partition coefficient (Wildman–Crippen LogP) is 5.67. The van der Waals surface area contributed by atoms with E-state index in [4.69, 9.17) is 9.84 Å². The van der Waals surface area contributed by atoms with E-state index in [9.17, 15) is 4.79 Å². The third-order valence-corrected chi connectivity index (χ3v) is 6.85. The minimum atomic E-state index is 0.0563. The zero-order chi connectivity index (χ0) is 23.6. The van der Waals surface area contributed by atoms with Gasteiger partial charge in [0.15, 0.2) is 0 Å². The van der Waals surface area contributed by atoms with Gasteiger partial charge in [-0.2, -0.15) is 5.10 Å². The largest absolute Gasteiger partial charge is 0.378 e. The third kappa shape index (κ3) is 4.31. The number of morpholine rings is 1. The summed E-state index contributed by atoms with van der Waals surface area (Å²) < 4.78 is 5.38. The van der Waals surface area contributed by atoms with Crippen molar-refractivity contribution in [2.45, 2.75) is 12.5 Å². The van der Waals surface area contributed by atoms with Gasteiger partial charge < -0.3 is 9.64 Å². The Morgan fingerprint density at radius 2 is 1.51 bits per heavy atom. The number of benzene rings is 4. The van der Waals surface area contributed by atoms with Crippen LogP contribution in [0.5, 0.6) is 0 Å². The minimum absolute atomic E-state index is 0.0563. The van der Waals surface area contributed by atoms with E-state index in [1.54, 1.807) is 0 Å². The first-order valence-corrected chi connectivity index (χ1v) is 12.1. The lowest BCUT2D eigenvalue weighted by Gasteiger charge is -2.27. The highest BCUT2D eigenvalue weighted by atomic mass is 16.5. The van der Waals surface area contributed by atoms with Crippen LogP contribution in [0, 0.1) is 0 Å². The van der Waals surface area contributed by atoms with Crippen molar-refractivity contribution in [3.63, 3.8) is 0 Å². The van der Waals surface area contributed by atoms with Crippen LogP contribution >= 0.6 is 0 Å². The standard InChI is InChI=1S/C30H27N3O2/c34-30(32-16-18-35-19-17-32)24-12-14-27(15-13-24)33-29(21-28(31-33)23-7-2-1-3-8-23)26-11-10-22-6-4-5-9-25(22)20-26/h1-15,20,29H,16-19,21H2. The maximum Gasteiger partial charge on any atom is 0.254 e. The van der Waals surface area contributed by atoms with E-state index < -0.39 is 0 Å². The number of carbonyl (C=O) groups is 1. The summed E-state index contributed by atoms with van der Waals surface area (Å²) in [7, 11) is 0. The number of hydrogen-bond donors (Lipinski definition) is 0. The van der Waals surface area contributed by atoms with Crippen LogP contribution < -0.4 is 5.01 Å². The summed E-state index contributed by atoms with van der Waals surface area (Å²) in [4.78, 5) is 14.8. The van der Waals surface area contributed by atoms with Crippen LogP contribution in [0.1, 0.15) is 33.9 Å². The molecule has 5 heteroatoms. The Morgan fingerprint density at radius 1 is 0.800 bits per heavy atom. The fourth-order valence-corrected chi connectivity index (χ4v) is 4.93. The van der Waals surface area contributed by atoms with Gasteiger partial charge in [-0.3, -0.25) is 9.80 Å². The Hall–Kier alpha value is -3.96. The molecule has 0 radical (unpaired) electrons. The number of ether oxygens (including phenoxy) is 1. The highest BCUT2D eigenvalue weighted by Crippen LogP contribution is 2.37. The lowest BCUT2D eigenvalue weighted by atomic mass is 9.96. The number of amides is 1. The van der Waals surface area contributed by atoms with E-state index in [0.29, 0.717) is 31.9 Å². The zero-order valence-electron chi connectivity index (χ0n) is 19.5. The average molecular weight is 462 g/mol. The van der Waals surface area contributed by atoms with Crippen LogP contribution in [0.4, 0.5) is 5.69 Å². The maximum absolute atomic E-state index is 12.9. The maximum atomic E-state index is 12.9. The Bertz CT molecular complexity index is 1380. The van der Waals surface area contributed by atoms with Crippen molar-refractivity contribution in [2.24, 2.45) is 5.10 Å². The molecule has 0 aliphatic carbocycles. The summed E-state index contributed by atoms with van der Waals surface area (Å²) in [5.41, 5.74) is 5.11. The smallest absolute Gasteiger partial charge is 0.254 e. The number of hydrazone groups is 1. The van der Waals surface area contributed by atoms with Gasteiger partial charge in [0.1, 0.15) is 0 Å². The lowest BCUT2D eigenvalue weighted by molar-refractivity contribution is 0.0303. The molecule has 1 unspecified atom stereocenters. The second kappa shape index (κ2) is 9.35. The van der Waals surface area contributed by atoms with Gasteiger partial charge in [0, 0.05) is 25.1 Å². The molecule has 35 heavy (non-hydrogen) atoms. The molecule has 5 nitrogen and oxygen atoms in total. The lowest BCUT2D eigenvalue weighted by Crippen LogP contribution is -2.40. The first-order chi connectivity index (χ1) is 17.3. The number of fused-ring (bicyclic) bond motifs is 1. The molecule has 1 amide bonds. The average Bonchev–Trinajstić information content (AvgIpc) is 3.39. The molecule has 1 atom stereocenters. The number of nitrogens with zero attached hydrogens (tertiary/aromatic N) is 3. The van der Waals surface area contributed by atoms with Crippen LogP contribution in [0.25, 0.3) is 10.8 Å². The monoisotopic (exact) mass is 461 g/mol. The molecule has 174 valence electrons. The van der Waals surface area contributed by atoms with Gasteiger partial charge in [-0.05, 0) is 52.2 Å². The van der Waals surface area contributed by atoms with Crippen molar-refractivity contribution >= 4 is 28.1 Å². The summed E-state index contributed by atoms with van der Waals surface area (Å²) >= 11 is 0. The SMILES string of the molecule is O=C(c1ccc(N2N=C(c3ccccc3)CC2c2ccc3ccccc3c2)cc1)N1CCOCC1. The molecule has 0 aromatic heterocycles. The Balaban J connectivity index is 1.34. The quantitative estimate of drug-likeness (QED) is 0.393. The van der Waals surface area contributed by atoms with Crippen LogP contribution in [0.2, 0.25) is 0 Å². The Kier molecular flexibility index (Phi) is 5.76. The molecule has 2 aliphatic heterocycles. The highest BCUT2D eigenvalue weighted by molar-refractivity contribution is 6.03. The van der Waals surface area contributed by atoms with Crippen LogP contribution in [0.15, 0.2) is 102 Å². The molecule has 2 aliphatic rings. The van der Waals surface area contributed by atoms with Crippen molar-refractivity contribution in [1.82, 2.24) is 4.90 Å². The Morgan fingerprint density at radius 3 is 2.29 bits per heavy atom. The van der Waals surface area contributed by atoms with Crippen LogP contribution in [-0.4, -0.2) is 42.8 Å². The topological polar surface area (TPSA) is 45.1 Å². The van der Waals surface area contributed by atoms with E-state index in [1.807, 2.05) is 35.2 Å². The molecule has 6 rings (SSSR count). The summed E-state index contributed by atoms with van der Waals surface area (Å²) in [5.74, 6) is 0.0563. The Labute approximate surface area is 205 Å². The molecule has 1 saturated heterocycles. The number of hydrogen-bond acceptors (Lipinski definition) is 4. The van der Waals surface area contributed by atoms with Gasteiger partial charge in [-0.1, -0.05) is 66.7 Å². The second-order valence-corrected chi connectivity index (χ2v) is 9.04. The molecule has 0 spiro atoms. The van der Waals surface area contributed by atoms with Gasteiger partial charge >= 0.3 is 0 Å². The summed E-state index contributed by atoms with van der Waals surface area (Å²) in [6.07, 6.45) is 0.816. The second-order valence-electron chi connectivity index (χ2n) is 9.04. The molecule has 4 aromatic carbocycles. The molecule has 4 aromatic rings. The number of anilines is 1. The highest BCUT2D eigenvalue weighted by Gasteiger charge is 2.30. The zero-order valence-corrected chi connectivity index (χ0v) is 19.5. The van der Waals surface area contributed by atoms with Gasteiger partial charge in [0.05, 0.1) is 30.7 Å². The fourth-order valence-electron chi connectivity index (χ4n) is 4.93. The van der Waals surface area contributed by atoms with Crippen LogP contribution in [0.3, 0.4) is 0 Å². The predicted molar refractivity (Wildman–Crippen MR) is 140 cm³/mol. The third-order valence-electron chi connectivity index (χ3n) is 6.85. The fraction of sp³-hybridized carbons (Fsp3) is 0.200. The van der Waals surface area contributed by atoms with Crippen molar-refractivity contribution in [3.8, 4) is 0 Å². The molecule has 2 heterocycles. The van der Waals surface area contributed by atoms with Gasteiger partial charge in [-0.25, -0.2) is 0 Å². The normalized spacial score (nSPS) is 18.1. The number of rotatable bonds is 4. The first kappa shape index (κ1) is 21.6. The minimum Gasteiger partial charge on any atom is -0.378 e. The number of carbonyl (C=O) groups excluding carboxylic acids is 1. The molecule has 0 bridgehead atoms. The van der Waals surface area contributed by atoms with Gasteiger partial charge in [0.2, 0.25) is 0 Å². The van der Waals surface area contributed by atoms with E-state index in [-0.39, 0.29) is 11.9 Å². The van der Waals surface area contributed by atoms with Crippen molar-refractivity contribution < 1.29 is 9.53 Å². The van der Waals surface area contributed by atoms with Crippen LogP contribution in [-0.2, 0) is 4.74 Å². The van der Waals surface area contributed by atoms with Crippen molar-refractivity contribution in [3.05, 3.63) is 114 Å². The molecular formula is C30H27N3O2. The summed E-state index contributed by atoms with van der Waals surface area (Å²) in [6, 6.07) is 33.4. The van der Waals surface area contributed by atoms with E-state index in [1.165, 1.54) is 16.3 Å². The van der Waals surface area contributed by atoms with Gasteiger partial charge in [-0.15, -0.1) is 0 Å². The summed E-state index contributed by atoms with van der Waals surface area (Å²) in [5, 5.41) is 9.63. The molecular weight excluding hydrogens is 434 g/mol. The van der Waals surface area contributed by atoms with E-state index in [0.717, 1.165) is 23.4 Å². The van der Waals surface area contributed by atoms with E-state index >= 15 is 0 Å². The van der Waals surface area contributed by atoms with Gasteiger partial charge in [0.25, 0.3) is 5.91 Å². The first-order valence-electron chi connectivity index (χ1n) is 12.1. The summed E-state index contributed by atoms with van der Waals surface area (Å²) in [6.45, 7) is 2.48. The van der Waals surface area contributed by atoms with Crippen molar-refractivity contribution in [2.75, 3.05) is 31.3 Å². The molecule has 0 saturated carbocycles. The molecule has 1 fully saturated rings.